The molecule has 0 saturated carbocycles. The zero-order chi connectivity index (χ0) is 18.1. The van der Waals surface area contributed by atoms with E-state index < -0.39 is 27.6 Å². The Hall–Kier alpha value is -1.43. The molecule has 0 radical (unpaired) electrons. The molecule has 1 atom stereocenters. The maximum atomic E-state index is 13.8. The number of aryl methyl sites for hydroxylation is 3. The third-order valence-electron chi connectivity index (χ3n) is 4.10. The predicted molar refractivity (Wildman–Crippen MR) is 96.2 cm³/mol. The Morgan fingerprint density at radius 2 is 1.75 bits per heavy atom. The van der Waals surface area contributed by atoms with Gasteiger partial charge in [0.2, 0.25) is 10.0 Å². The van der Waals surface area contributed by atoms with Crippen LogP contribution in [0.5, 0.6) is 0 Å². The fourth-order valence-corrected chi connectivity index (χ4v) is 4.42. The van der Waals surface area contributed by atoms with Crippen LogP contribution in [0.15, 0.2) is 30.3 Å². The zero-order valence-corrected chi connectivity index (χ0v) is 15.7. The zero-order valence-electron chi connectivity index (χ0n) is 14.2. The normalized spacial score (nSPS) is 13.1. The van der Waals surface area contributed by atoms with E-state index in [-0.39, 0.29) is 10.6 Å². The second-order valence-corrected chi connectivity index (χ2v) is 8.25. The molecule has 3 nitrogen and oxygen atoms in total. The van der Waals surface area contributed by atoms with Gasteiger partial charge in [0.25, 0.3) is 0 Å². The topological polar surface area (TPSA) is 46.2 Å². The first kappa shape index (κ1) is 18.9. The third-order valence-corrected chi connectivity index (χ3v) is 5.84. The van der Waals surface area contributed by atoms with Gasteiger partial charge in [0.1, 0.15) is 5.82 Å². The molecule has 0 amide bonds. The first-order chi connectivity index (χ1) is 11.1. The monoisotopic (exact) mass is 369 g/mol. The molecule has 1 unspecified atom stereocenters. The van der Waals surface area contributed by atoms with Crippen molar-refractivity contribution in [3.63, 3.8) is 0 Å². The summed E-state index contributed by atoms with van der Waals surface area (Å²) in [6, 6.07) is 7.72. The van der Waals surface area contributed by atoms with Gasteiger partial charge in [-0.25, -0.2) is 17.5 Å². The van der Waals surface area contributed by atoms with Crippen LogP contribution in [0.3, 0.4) is 0 Å². The van der Waals surface area contributed by atoms with Crippen molar-refractivity contribution in [3.8, 4) is 0 Å². The lowest BCUT2D eigenvalue weighted by Gasteiger charge is -2.19. The third kappa shape index (κ3) is 4.35. The first-order valence-corrected chi connectivity index (χ1v) is 9.64. The van der Waals surface area contributed by atoms with E-state index in [1.54, 1.807) is 6.92 Å². The Balaban J connectivity index is 2.25. The van der Waals surface area contributed by atoms with Crippen molar-refractivity contribution >= 4 is 21.6 Å². The van der Waals surface area contributed by atoms with Gasteiger partial charge >= 0.3 is 0 Å². The maximum Gasteiger partial charge on any atom is 0.216 e. The van der Waals surface area contributed by atoms with Gasteiger partial charge in [-0.3, -0.25) is 0 Å². The highest BCUT2D eigenvalue weighted by atomic mass is 35.5. The van der Waals surface area contributed by atoms with E-state index in [0.29, 0.717) is 0 Å². The molecule has 0 bridgehead atoms. The van der Waals surface area contributed by atoms with Crippen LogP contribution in [-0.4, -0.2) is 8.42 Å². The quantitative estimate of drug-likeness (QED) is 0.838. The van der Waals surface area contributed by atoms with Crippen molar-refractivity contribution < 1.29 is 12.8 Å². The van der Waals surface area contributed by atoms with Gasteiger partial charge in [-0.2, -0.15) is 0 Å². The number of benzene rings is 2. The minimum Gasteiger partial charge on any atom is -0.212 e. The molecule has 1 N–H and O–H groups in total. The van der Waals surface area contributed by atoms with E-state index in [9.17, 15) is 12.8 Å². The lowest BCUT2D eigenvalue weighted by molar-refractivity contribution is 0.561. The summed E-state index contributed by atoms with van der Waals surface area (Å²) in [7, 11) is -3.74. The molecule has 0 heterocycles. The Bertz CT molecular complexity index is 845. The van der Waals surface area contributed by atoms with Crippen LogP contribution in [0, 0.1) is 26.6 Å². The second-order valence-electron chi connectivity index (χ2n) is 6.09. The SMILES string of the molecule is Cc1cc(C)c(C(C)NS(=O)(=O)Cc2c(F)cccc2Cl)cc1C. The smallest absolute Gasteiger partial charge is 0.212 e. The largest absolute Gasteiger partial charge is 0.216 e. The number of rotatable bonds is 5. The molecule has 130 valence electrons. The Labute approximate surface area is 147 Å². The summed E-state index contributed by atoms with van der Waals surface area (Å²) in [5.41, 5.74) is 4.15. The fraction of sp³-hybridized carbons (Fsp3) is 0.333. The highest BCUT2D eigenvalue weighted by Crippen LogP contribution is 2.25. The van der Waals surface area contributed by atoms with Crippen molar-refractivity contribution in [2.45, 2.75) is 39.5 Å². The molecule has 0 aliphatic rings. The second kappa shape index (κ2) is 7.21. The van der Waals surface area contributed by atoms with Crippen molar-refractivity contribution in [1.82, 2.24) is 4.72 Å². The molecule has 2 aromatic carbocycles. The molecule has 0 aliphatic carbocycles. The highest BCUT2D eigenvalue weighted by molar-refractivity contribution is 7.88. The lowest BCUT2D eigenvalue weighted by Crippen LogP contribution is -2.29. The summed E-state index contributed by atoms with van der Waals surface area (Å²) in [5.74, 6) is -1.12. The van der Waals surface area contributed by atoms with Gasteiger partial charge < -0.3 is 0 Å². The van der Waals surface area contributed by atoms with E-state index in [1.165, 1.54) is 18.2 Å². The summed E-state index contributed by atoms with van der Waals surface area (Å²) in [6.07, 6.45) is 0. The lowest BCUT2D eigenvalue weighted by atomic mass is 9.97. The molecule has 2 rings (SSSR count). The van der Waals surface area contributed by atoms with Crippen LogP contribution in [0.25, 0.3) is 0 Å². The van der Waals surface area contributed by atoms with Crippen LogP contribution >= 0.6 is 11.6 Å². The number of sulfonamides is 1. The Morgan fingerprint density at radius 1 is 1.12 bits per heavy atom. The summed E-state index contributed by atoms with van der Waals surface area (Å²) >= 11 is 5.92. The molecule has 24 heavy (non-hydrogen) atoms. The summed E-state index contributed by atoms with van der Waals surface area (Å²) in [4.78, 5) is 0. The minimum absolute atomic E-state index is 0.0179. The molecule has 2 aromatic rings. The molecule has 0 aliphatic heterocycles. The van der Waals surface area contributed by atoms with Gasteiger partial charge in [-0.05, 0) is 62.1 Å². The summed E-state index contributed by atoms with van der Waals surface area (Å²) in [6.45, 7) is 7.72. The van der Waals surface area contributed by atoms with Crippen molar-refractivity contribution in [1.29, 1.82) is 0 Å². The van der Waals surface area contributed by atoms with Gasteiger partial charge in [0, 0.05) is 16.6 Å². The average Bonchev–Trinajstić information content (AvgIpc) is 2.46. The van der Waals surface area contributed by atoms with E-state index in [1.807, 2.05) is 32.9 Å². The summed E-state index contributed by atoms with van der Waals surface area (Å²) in [5, 5.41) is 0.107. The van der Waals surface area contributed by atoms with Crippen LogP contribution in [0.4, 0.5) is 4.39 Å². The van der Waals surface area contributed by atoms with Crippen LogP contribution in [0.1, 0.15) is 40.8 Å². The van der Waals surface area contributed by atoms with Crippen LogP contribution in [0.2, 0.25) is 5.02 Å². The van der Waals surface area contributed by atoms with E-state index >= 15 is 0 Å². The van der Waals surface area contributed by atoms with Crippen LogP contribution < -0.4 is 4.72 Å². The molecule has 0 fully saturated rings. The van der Waals surface area contributed by atoms with E-state index in [0.717, 1.165) is 22.3 Å². The van der Waals surface area contributed by atoms with Gasteiger partial charge in [-0.15, -0.1) is 0 Å². The highest BCUT2D eigenvalue weighted by Gasteiger charge is 2.21. The number of hydrogen-bond donors (Lipinski definition) is 1. The molecule has 0 aromatic heterocycles. The van der Waals surface area contributed by atoms with E-state index in [4.69, 9.17) is 11.6 Å². The minimum atomic E-state index is -3.74. The van der Waals surface area contributed by atoms with Crippen molar-refractivity contribution in [2.24, 2.45) is 0 Å². The van der Waals surface area contributed by atoms with Crippen molar-refractivity contribution in [3.05, 3.63) is 69.0 Å². The van der Waals surface area contributed by atoms with Gasteiger partial charge in [-0.1, -0.05) is 29.8 Å². The number of halogens is 2. The molecular weight excluding hydrogens is 349 g/mol. The van der Waals surface area contributed by atoms with Crippen LogP contribution in [-0.2, 0) is 15.8 Å². The maximum absolute atomic E-state index is 13.8. The standard InChI is InChI=1S/C18H21ClFNO2S/c1-11-8-13(3)15(9-12(11)2)14(4)21-24(22,23)10-16-17(19)6-5-7-18(16)20/h5-9,14,21H,10H2,1-4H3. The summed E-state index contributed by atoms with van der Waals surface area (Å²) < 4.78 is 41.3. The Morgan fingerprint density at radius 3 is 2.38 bits per heavy atom. The molecule has 0 saturated heterocycles. The van der Waals surface area contributed by atoms with E-state index in [2.05, 4.69) is 4.72 Å². The Kier molecular flexibility index (Phi) is 5.68. The number of nitrogens with one attached hydrogen (secondary N) is 1. The molecular formula is C18H21ClFNO2S. The molecule has 6 heteroatoms. The van der Waals surface area contributed by atoms with Gasteiger partial charge in [0.15, 0.2) is 0 Å². The first-order valence-electron chi connectivity index (χ1n) is 7.61. The predicted octanol–water partition coefficient (Wildman–Crippen LogP) is 4.58. The van der Waals surface area contributed by atoms with Crippen molar-refractivity contribution in [2.75, 3.05) is 0 Å². The molecule has 0 spiro atoms. The number of hydrogen-bond acceptors (Lipinski definition) is 2. The van der Waals surface area contributed by atoms with Gasteiger partial charge in [0.05, 0.1) is 5.75 Å². The average molecular weight is 370 g/mol. The fourth-order valence-electron chi connectivity index (χ4n) is 2.68.